The topological polar surface area (TPSA) is 85.1 Å². The summed E-state index contributed by atoms with van der Waals surface area (Å²) < 4.78 is 27.2. The smallest absolute Gasteiger partial charge is 0.241 e. The first kappa shape index (κ1) is 15.7. The van der Waals surface area contributed by atoms with Crippen molar-refractivity contribution in [1.82, 2.24) is 9.71 Å². The van der Waals surface area contributed by atoms with Crippen LogP contribution in [0.4, 0.5) is 0 Å². The number of nitrogens with two attached hydrogens (primary N) is 1. The Kier molecular flexibility index (Phi) is 5.47. The number of benzene rings is 1. The number of hydrogen-bond donors (Lipinski definition) is 2. The Morgan fingerprint density at radius 3 is 2.86 bits per heavy atom. The predicted octanol–water partition coefficient (Wildman–Crippen LogP) is 0.974. The largest absolute Gasteiger partial charge is 0.320 e. The van der Waals surface area contributed by atoms with Gasteiger partial charge in [-0.05, 0) is 12.1 Å². The van der Waals surface area contributed by atoms with Crippen LogP contribution >= 0.6 is 11.3 Å². The first-order chi connectivity index (χ1) is 10.1. The van der Waals surface area contributed by atoms with E-state index < -0.39 is 10.0 Å². The standard InChI is InChI=1S/C14H15N3O2S2/c15-8-3-5-12-4-1-2-6-14(12)21(18,19)17-9-7-13-10-20-11-16-13/h1-2,4,6,10-11,17H,7-9,15H2. The van der Waals surface area contributed by atoms with E-state index in [-0.39, 0.29) is 11.4 Å². The Morgan fingerprint density at radius 2 is 2.14 bits per heavy atom. The number of rotatable bonds is 5. The highest BCUT2D eigenvalue weighted by Crippen LogP contribution is 2.14. The van der Waals surface area contributed by atoms with Gasteiger partial charge in [-0.3, -0.25) is 0 Å². The molecule has 0 radical (unpaired) electrons. The highest BCUT2D eigenvalue weighted by atomic mass is 32.2. The van der Waals surface area contributed by atoms with Gasteiger partial charge in [-0.2, -0.15) is 0 Å². The van der Waals surface area contributed by atoms with E-state index in [2.05, 4.69) is 21.5 Å². The van der Waals surface area contributed by atoms with E-state index in [9.17, 15) is 8.42 Å². The molecule has 0 aliphatic carbocycles. The van der Waals surface area contributed by atoms with Gasteiger partial charge in [0.1, 0.15) is 0 Å². The Hall–Kier alpha value is -1.72. The van der Waals surface area contributed by atoms with Crippen LogP contribution in [0.3, 0.4) is 0 Å². The minimum Gasteiger partial charge on any atom is -0.320 e. The third-order valence-corrected chi connectivity index (χ3v) is 4.81. The maximum Gasteiger partial charge on any atom is 0.241 e. The Labute approximate surface area is 128 Å². The van der Waals surface area contributed by atoms with E-state index in [1.165, 1.54) is 17.4 Å². The lowest BCUT2D eigenvalue weighted by atomic mass is 10.2. The van der Waals surface area contributed by atoms with Crippen LogP contribution < -0.4 is 10.5 Å². The third kappa shape index (κ3) is 4.37. The summed E-state index contributed by atoms with van der Waals surface area (Å²) in [5, 5.41) is 1.90. The lowest BCUT2D eigenvalue weighted by Crippen LogP contribution is -2.26. The highest BCUT2D eigenvalue weighted by Gasteiger charge is 2.16. The van der Waals surface area contributed by atoms with Gasteiger partial charge in [0.15, 0.2) is 0 Å². The van der Waals surface area contributed by atoms with Crippen LogP contribution in [0.1, 0.15) is 11.3 Å². The second-order valence-electron chi connectivity index (χ2n) is 4.13. The van der Waals surface area contributed by atoms with E-state index >= 15 is 0 Å². The maximum atomic E-state index is 12.3. The molecule has 21 heavy (non-hydrogen) atoms. The van der Waals surface area contributed by atoms with Crippen molar-refractivity contribution >= 4 is 21.4 Å². The normalized spacial score (nSPS) is 10.9. The van der Waals surface area contributed by atoms with Crippen LogP contribution in [0.2, 0.25) is 0 Å². The summed E-state index contributed by atoms with van der Waals surface area (Å²) in [6, 6.07) is 6.61. The lowest BCUT2D eigenvalue weighted by Gasteiger charge is -2.07. The minimum atomic E-state index is -3.59. The molecule has 1 aromatic carbocycles. The van der Waals surface area contributed by atoms with Crippen molar-refractivity contribution in [3.63, 3.8) is 0 Å². The lowest BCUT2D eigenvalue weighted by molar-refractivity contribution is 0.581. The van der Waals surface area contributed by atoms with Crippen molar-refractivity contribution in [2.24, 2.45) is 5.73 Å². The molecule has 0 unspecified atom stereocenters. The van der Waals surface area contributed by atoms with Crippen molar-refractivity contribution in [1.29, 1.82) is 0 Å². The van der Waals surface area contributed by atoms with Crippen LogP contribution in [0.15, 0.2) is 40.1 Å². The molecule has 0 saturated heterocycles. The van der Waals surface area contributed by atoms with Crippen molar-refractivity contribution in [2.75, 3.05) is 13.1 Å². The number of hydrogen-bond acceptors (Lipinski definition) is 5. The zero-order chi connectivity index (χ0) is 15.1. The number of nitrogens with zero attached hydrogens (tertiary/aromatic N) is 1. The zero-order valence-corrected chi connectivity index (χ0v) is 12.9. The van der Waals surface area contributed by atoms with Gasteiger partial charge in [0.2, 0.25) is 10.0 Å². The Morgan fingerprint density at radius 1 is 1.33 bits per heavy atom. The Bertz CT molecular complexity index is 744. The number of thiazole rings is 1. The fraction of sp³-hybridized carbons (Fsp3) is 0.214. The van der Waals surface area contributed by atoms with Crippen LogP contribution in [0, 0.1) is 11.8 Å². The molecule has 0 saturated carbocycles. The molecule has 3 N–H and O–H groups in total. The zero-order valence-electron chi connectivity index (χ0n) is 11.2. The monoisotopic (exact) mass is 321 g/mol. The average Bonchev–Trinajstić information content (AvgIpc) is 2.98. The van der Waals surface area contributed by atoms with Crippen LogP contribution in [0.25, 0.3) is 0 Å². The summed E-state index contributed by atoms with van der Waals surface area (Å²) >= 11 is 1.49. The molecule has 0 atom stereocenters. The van der Waals surface area contributed by atoms with Crippen LogP contribution in [0.5, 0.6) is 0 Å². The number of aromatic nitrogens is 1. The maximum absolute atomic E-state index is 12.3. The van der Waals surface area contributed by atoms with E-state index in [1.807, 2.05) is 5.38 Å². The molecule has 0 bridgehead atoms. The van der Waals surface area contributed by atoms with Crippen molar-refractivity contribution in [3.8, 4) is 11.8 Å². The van der Waals surface area contributed by atoms with E-state index in [0.29, 0.717) is 18.5 Å². The summed E-state index contributed by atoms with van der Waals surface area (Å²) in [7, 11) is -3.59. The van der Waals surface area contributed by atoms with Gasteiger partial charge < -0.3 is 5.73 Å². The molecule has 2 aromatic rings. The Balaban J connectivity index is 2.12. The second-order valence-corrected chi connectivity index (χ2v) is 6.58. The molecular weight excluding hydrogens is 306 g/mol. The molecule has 0 spiro atoms. The average molecular weight is 321 g/mol. The molecule has 0 aliphatic heterocycles. The first-order valence-corrected chi connectivity index (χ1v) is 8.71. The predicted molar refractivity (Wildman–Crippen MR) is 83.4 cm³/mol. The van der Waals surface area contributed by atoms with Gasteiger partial charge >= 0.3 is 0 Å². The number of nitrogens with one attached hydrogen (secondary N) is 1. The van der Waals surface area contributed by atoms with E-state index in [0.717, 1.165) is 5.69 Å². The second kappa shape index (κ2) is 7.33. The molecule has 1 heterocycles. The van der Waals surface area contributed by atoms with Gasteiger partial charge in [0.25, 0.3) is 0 Å². The molecular formula is C14H15N3O2S2. The third-order valence-electron chi connectivity index (χ3n) is 2.66. The highest BCUT2D eigenvalue weighted by molar-refractivity contribution is 7.89. The fourth-order valence-corrected chi connectivity index (χ4v) is 3.49. The van der Waals surface area contributed by atoms with Crippen molar-refractivity contribution < 1.29 is 8.42 Å². The molecule has 1 aromatic heterocycles. The van der Waals surface area contributed by atoms with Gasteiger partial charge in [-0.1, -0.05) is 24.0 Å². The molecule has 5 nitrogen and oxygen atoms in total. The van der Waals surface area contributed by atoms with Gasteiger partial charge in [-0.15, -0.1) is 11.3 Å². The summed E-state index contributed by atoms with van der Waals surface area (Å²) in [5.41, 5.74) is 8.37. The van der Waals surface area contributed by atoms with Crippen LogP contribution in [-0.2, 0) is 16.4 Å². The van der Waals surface area contributed by atoms with E-state index in [4.69, 9.17) is 5.73 Å². The summed E-state index contributed by atoms with van der Waals surface area (Å²) in [5.74, 6) is 5.45. The van der Waals surface area contributed by atoms with Crippen molar-refractivity contribution in [3.05, 3.63) is 46.4 Å². The number of sulfonamides is 1. The SMILES string of the molecule is NCC#Cc1ccccc1S(=O)(=O)NCCc1cscn1. The summed E-state index contributed by atoms with van der Waals surface area (Å²) in [6.07, 6.45) is 0.555. The molecule has 7 heteroatoms. The molecule has 0 amide bonds. The van der Waals surface area contributed by atoms with Crippen LogP contribution in [-0.4, -0.2) is 26.5 Å². The minimum absolute atomic E-state index is 0.171. The quantitative estimate of drug-likeness (QED) is 0.804. The fourth-order valence-electron chi connectivity index (χ4n) is 1.70. The van der Waals surface area contributed by atoms with Crippen molar-refractivity contribution in [2.45, 2.75) is 11.3 Å². The summed E-state index contributed by atoms with van der Waals surface area (Å²) in [6.45, 7) is 0.482. The first-order valence-electron chi connectivity index (χ1n) is 6.28. The molecule has 0 fully saturated rings. The molecule has 110 valence electrons. The van der Waals surface area contributed by atoms with E-state index in [1.54, 1.807) is 23.7 Å². The van der Waals surface area contributed by atoms with Gasteiger partial charge in [-0.25, -0.2) is 18.1 Å². The summed E-state index contributed by atoms with van der Waals surface area (Å²) in [4.78, 5) is 4.28. The van der Waals surface area contributed by atoms with Gasteiger partial charge in [0, 0.05) is 23.9 Å². The molecule has 2 rings (SSSR count). The molecule has 0 aliphatic rings. The van der Waals surface area contributed by atoms with Gasteiger partial charge in [0.05, 0.1) is 22.6 Å².